The molecule has 0 aromatic heterocycles. The van der Waals surface area contributed by atoms with Gasteiger partial charge in [0.15, 0.2) is 0 Å². The Balaban J connectivity index is 0.0000102. The van der Waals surface area contributed by atoms with Gasteiger partial charge in [0.25, 0.3) is 0 Å². The zero-order valence-electron chi connectivity index (χ0n) is 22.4. The molecule has 192 valence electrons. The molecule has 0 bridgehead atoms. The first-order valence-corrected chi connectivity index (χ1v) is 13.4. The molecule has 0 saturated heterocycles. The standard InChI is InChI=1S/C29H50O3.H3N/c1-6-9-11-13-14-15-16-17-19-26(8-3)29(4,5)32-28(30)25-20-22-27(23-21-25)31-24-18-12-10-7-2;/h20-23,26H,6-19,24H2,1-5H3;1H3. The average molecular weight is 464 g/mol. The van der Waals surface area contributed by atoms with Crippen molar-refractivity contribution in [3.63, 3.8) is 0 Å². The van der Waals surface area contributed by atoms with Crippen LogP contribution in [0.2, 0.25) is 0 Å². The van der Waals surface area contributed by atoms with Crippen LogP contribution in [0.4, 0.5) is 0 Å². The van der Waals surface area contributed by atoms with Crippen LogP contribution in [0.5, 0.6) is 5.75 Å². The van der Waals surface area contributed by atoms with Crippen molar-refractivity contribution in [2.24, 2.45) is 5.92 Å². The highest BCUT2D eigenvalue weighted by molar-refractivity contribution is 5.89. The van der Waals surface area contributed by atoms with Gasteiger partial charge >= 0.3 is 5.97 Å². The molecule has 0 heterocycles. The van der Waals surface area contributed by atoms with Crippen molar-refractivity contribution in [1.82, 2.24) is 6.15 Å². The third kappa shape index (κ3) is 13.7. The number of unbranched alkanes of at least 4 members (excludes halogenated alkanes) is 10. The molecule has 0 fully saturated rings. The van der Waals surface area contributed by atoms with Crippen LogP contribution in [0.1, 0.15) is 135 Å². The normalized spacial score (nSPS) is 12.2. The first-order valence-electron chi connectivity index (χ1n) is 13.4. The van der Waals surface area contributed by atoms with Crippen molar-refractivity contribution in [3.8, 4) is 5.75 Å². The van der Waals surface area contributed by atoms with Crippen LogP contribution in [0.15, 0.2) is 24.3 Å². The molecule has 4 heteroatoms. The Hall–Kier alpha value is -1.55. The maximum Gasteiger partial charge on any atom is 0.338 e. The molecule has 0 aliphatic heterocycles. The SMILES string of the molecule is CCCCCCCCCCC(CC)C(C)(C)OC(=O)c1ccc(OCCCCCC)cc1.N. The van der Waals surface area contributed by atoms with E-state index < -0.39 is 5.60 Å². The van der Waals surface area contributed by atoms with Crippen LogP contribution in [-0.2, 0) is 4.74 Å². The maximum absolute atomic E-state index is 12.8. The zero-order chi connectivity index (χ0) is 23.7. The van der Waals surface area contributed by atoms with Gasteiger partial charge in [0.2, 0.25) is 0 Å². The second-order valence-corrected chi connectivity index (χ2v) is 9.80. The lowest BCUT2D eigenvalue weighted by Crippen LogP contribution is -2.36. The van der Waals surface area contributed by atoms with Crippen LogP contribution in [0.3, 0.4) is 0 Å². The first kappa shape index (κ1) is 31.4. The summed E-state index contributed by atoms with van der Waals surface area (Å²) in [6.45, 7) is 11.5. The number of hydrogen-bond donors (Lipinski definition) is 1. The van der Waals surface area contributed by atoms with Gasteiger partial charge in [-0.05, 0) is 63.3 Å². The number of carbonyl (C=O) groups excluding carboxylic acids is 1. The molecule has 0 saturated carbocycles. The largest absolute Gasteiger partial charge is 0.494 e. The fourth-order valence-electron chi connectivity index (χ4n) is 4.36. The summed E-state index contributed by atoms with van der Waals surface area (Å²) in [6, 6.07) is 7.39. The smallest absolute Gasteiger partial charge is 0.338 e. The first-order chi connectivity index (χ1) is 15.4. The molecule has 0 spiro atoms. The number of carbonyl (C=O) groups is 1. The Morgan fingerprint density at radius 1 is 0.788 bits per heavy atom. The van der Waals surface area contributed by atoms with Crippen molar-refractivity contribution >= 4 is 5.97 Å². The van der Waals surface area contributed by atoms with Crippen LogP contribution in [0, 0.1) is 5.92 Å². The van der Waals surface area contributed by atoms with Gasteiger partial charge in [-0.3, -0.25) is 0 Å². The highest BCUT2D eigenvalue weighted by Crippen LogP contribution is 2.30. The highest BCUT2D eigenvalue weighted by Gasteiger charge is 2.32. The van der Waals surface area contributed by atoms with Crippen LogP contribution in [-0.4, -0.2) is 18.2 Å². The van der Waals surface area contributed by atoms with Gasteiger partial charge in [0.05, 0.1) is 12.2 Å². The Labute approximate surface area is 204 Å². The molecule has 1 aromatic rings. The van der Waals surface area contributed by atoms with Crippen molar-refractivity contribution < 1.29 is 14.3 Å². The van der Waals surface area contributed by atoms with E-state index in [0.29, 0.717) is 11.5 Å². The molecule has 1 rings (SSSR count). The molecule has 1 atom stereocenters. The summed E-state index contributed by atoms with van der Waals surface area (Å²) in [5.74, 6) is 0.967. The van der Waals surface area contributed by atoms with Gasteiger partial charge in [0.1, 0.15) is 11.4 Å². The molecule has 0 radical (unpaired) electrons. The summed E-state index contributed by atoms with van der Waals surface area (Å²) in [7, 11) is 0. The second kappa shape index (κ2) is 18.8. The Morgan fingerprint density at radius 3 is 1.85 bits per heavy atom. The van der Waals surface area contributed by atoms with E-state index in [1.807, 2.05) is 24.3 Å². The number of rotatable bonds is 19. The molecule has 3 N–H and O–H groups in total. The van der Waals surface area contributed by atoms with Crippen molar-refractivity contribution in [1.29, 1.82) is 0 Å². The van der Waals surface area contributed by atoms with E-state index in [1.54, 1.807) is 0 Å². The molecule has 0 aliphatic carbocycles. The van der Waals surface area contributed by atoms with Gasteiger partial charge in [0, 0.05) is 0 Å². The molecule has 0 amide bonds. The van der Waals surface area contributed by atoms with Gasteiger partial charge in [-0.2, -0.15) is 0 Å². The van der Waals surface area contributed by atoms with Crippen LogP contribution in [0.25, 0.3) is 0 Å². The average Bonchev–Trinajstić information content (AvgIpc) is 2.78. The summed E-state index contributed by atoms with van der Waals surface area (Å²) in [5, 5.41) is 0. The lowest BCUT2D eigenvalue weighted by atomic mass is 9.84. The van der Waals surface area contributed by atoms with E-state index in [2.05, 4.69) is 34.6 Å². The Kier molecular flexibility index (Phi) is 17.9. The zero-order valence-corrected chi connectivity index (χ0v) is 22.4. The quantitative estimate of drug-likeness (QED) is 0.164. The molecule has 33 heavy (non-hydrogen) atoms. The van der Waals surface area contributed by atoms with Gasteiger partial charge in [-0.15, -0.1) is 0 Å². The van der Waals surface area contributed by atoms with Crippen LogP contribution >= 0.6 is 0 Å². The number of benzene rings is 1. The van der Waals surface area contributed by atoms with E-state index in [1.165, 1.54) is 70.6 Å². The summed E-state index contributed by atoms with van der Waals surface area (Å²) >= 11 is 0. The van der Waals surface area contributed by atoms with Gasteiger partial charge in [-0.25, -0.2) is 4.79 Å². The number of ether oxygens (including phenoxy) is 2. The molecule has 1 unspecified atom stereocenters. The minimum absolute atomic E-state index is 0. The summed E-state index contributed by atoms with van der Waals surface area (Å²) in [5.41, 5.74) is 0.139. The topological polar surface area (TPSA) is 70.5 Å². The van der Waals surface area contributed by atoms with Crippen molar-refractivity contribution in [2.45, 2.75) is 130 Å². The Morgan fingerprint density at radius 2 is 1.30 bits per heavy atom. The fraction of sp³-hybridized carbons (Fsp3) is 0.759. The predicted molar refractivity (Wildman–Crippen MR) is 142 cm³/mol. The van der Waals surface area contributed by atoms with Crippen molar-refractivity contribution in [2.75, 3.05) is 6.61 Å². The minimum Gasteiger partial charge on any atom is -0.494 e. The third-order valence-corrected chi connectivity index (χ3v) is 6.59. The van der Waals surface area contributed by atoms with E-state index in [-0.39, 0.29) is 12.1 Å². The molecule has 0 aliphatic rings. The second-order valence-electron chi connectivity index (χ2n) is 9.80. The van der Waals surface area contributed by atoms with E-state index in [4.69, 9.17) is 9.47 Å². The lowest BCUT2D eigenvalue weighted by Gasteiger charge is -2.33. The van der Waals surface area contributed by atoms with E-state index >= 15 is 0 Å². The molecular weight excluding hydrogens is 410 g/mol. The molecule has 1 aromatic carbocycles. The van der Waals surface area contributed by atoms with E-state index in [0.717, 1.165) is 31.6 Å². The van der Waals surface area contributed by atoms with Crippen molar-refractivity contribution in [3.05, 3.63) is 29.8 Å². The predicted octanol–water partition coefficient (Wildman–Crippen LogP) is 9.30. The van der Waals surface area contributed by atoms with Gasteiger partial charge < -0.3 is 15.6 Å². The minimum atomic E-state index is -0.457. The number of esters is 1. The van der Waals surface area contributed by atoms with Crippen LogP contribution < -0.4 is 10.9 Å². The molecular formula is C29H53NO3. The summed E-state index contributed by atoms with van der Waals surface area (Å²) in [4.78, 5) is 12.8. The van der Waals surface area contributed by atoms with E-state index in [9.17, 15) is 4.79 Å². The Bertz CT molecular complexity index is 597. The monoisotopic (exact) mass is 463 g/mol. The highest BCUT2D eigenvalue weighted by atomic mass is 16.6. The third-order valence-electron chi connectivity index (χ3n) is 6.59. The lowest BCUT2D eigenvalue weighted by molar-refractivity contribution is -0.0334. The maximum atomic E-state index is 12.8. The fourth-order valence-corrected chi connectivity index (χ4v) is 4.36. The summed E-state index contributed by atoms with van der Waals surface area (Å²) < 4.78 is 11.8. The number of hydrogen-bond acceptors (Lipinski definition) is 4. The van der Waals surface area contributed by atoms with Gasteiger partial charge in [-0.1, -0.05) is 91.4 Å². The summed E-state index contributed by atoms with van der Waals surface area (Å²) in [6.07, 6.45) is 17.5. The molecule has 4 nitrogen and oxygen atoms in total.